The molecule has 0 amide bonds. The minimum atomic E-state index is -0.952. The van der Waals surface area contributed by atoms with Crippen molar-refractivity contribution in [2.45, 2.75) is 38.6 Å². The van der Waals surface area contributed by atoms with E-state index in [-0.39, 0.29) is 23.8 Å². The molecule has 218 valence electrons. The lowest BCUT2D eigenvalue weighted by Gasteiger charge is -2.28. The predicted octanol–water partition coefficient (Wildman–Crippen LogP) is 4.44. The number of benzene rings is 2. The van der Waals surface area contributed by atoms with Gasteiger partial charge < -0.3 is 19.1 Å². The van der Waals surface area contributed by atoms with Crippen LogP contribution in [-0.4, -0.2) is 61.3 Å². The fraction of sp³-hybridized carbons (Fsp3) is 0.344. The Labute approximate surface area is 247 Å². The molecular weight excluding hydrogens is 551 g/mol. The van der Waals surface area contributed by atoms with Gasteiger partial charge in [0.15, 0.2) is 5.82 Å². The highest BCUT2D eigenvalue weighted by Crippen LogP contribution is 2.41. The second kappa shape index (κ2) is 11.2. The molecule has 3 atom stereocenters. The number of likely N-dealkylation sites (tertiary alicyclic amines) is 1. The van der Waals surface area contributed by atoms with Gasteiger partial charge >= 0.3 is 5.97 Å². The van der Waals surface area contributed by atoms with E-state index < -0.39 is 11.8 Å². The lowest BCUT2D eigenvalue weighted by Crippen LogP contribution is -2.32. The molecule has 2 saturated heterocycles. The van der Waals surface area contributed by atoms with E-state index in [1.807, 2.05) is 6.07 Å². The number of halogens is 1. The number of nitriles is 1. The Morgan fingerprint density at radius 1 is 1.19 bits per heavy atom. The molecule has 2 fully saturated rings. The maximum Gasteiger partial charge on any atom is 0.335 e. The van der Waals surface area contributed by atoms with Crippen LogP contribution in [0.4, 0.5) is 4.39 Å². The molecule has 11 heteroatoms. The van der Waals surface area contributed by atoms with Crippen LogP contribution in [0.15, 0.2) is 54.7 Å². The van der Waals surface area contributed by atoms with Gasteiger partial charge in [-0.3, -0.25) is 4.90 Å². The highest BCUT2D eigenvalue weighted by Gasteiger charge is 2.38. The van der Waals surface area contributed by atoms with Gasteiger partial charge in [-0.05, 0) is 60.6 Å². The Hall–Kier alpha value is -4.66. The van der Waals surface area contributed by atoms with Crippen molar-refractivity contribution in [1.82, 2.24) is 24.4 Å². The third kappa shape index (κ3) is 5.47. The average Bonchev–Trinajstić information content (AvgIpc) is 3.65. The highest BCUT2D eigenvalue weighted by molar-refractivity contribution is 5.92. The number of carboxylic acid groups (broad SMARTS) is 1. The van der Waals surface area contributed by atoms with Crippen molar-refractivity contribution in [2.75, 3.05) is 19.7 Å². The monoisotopic (exact) mass is 580 g/mol. The zero-order chi connectivity index (χ0) is 29.5. The third-order valence-corrected chi connectivity index (χ3v) is 8.56. The number of rotatable bonds is 9. The minimum absolute atomic E-state index is 0.00250. The zero-order valence-corrected chi connectivity index (χ0v) is 23.3. The normalized spacial score (nSPS) is 21.3. The molecular formula is C32H29FN6O4. The van der Waals surface area contributed by atoms with Gasteiger partial charge in [-0.2, -0.15) is 10.2 Å². The van der Waals surface area contributed by atoms with Crippen LogP contribution in [0.3, 0.4) is 0 Å². The third-order valence-electron chi connectivity index (χ3n) is 8.56. The molecule has 2 unspecified atom stereocenters. The largest absolute Gasteiger partial charge is 0.478 e. The Morgan fingerprint density at radius 3 is 2.81 bits per heavy atom. The molecule has 2 aliphatic heterocycles. The van der Waals surface area contributed by atoms with Crippen LogP contribution in [0.25, 0.3) is 16.6 Å². The van der Waals surface area contributed by atoms with Gasteiger partial charge in [0.05, 0.1) is 47.4 Å². The Morgan fingerprint density at radius 2 is 2.07 bits per heavy atom. The average molecular weight is 581 g/mol. The molecule has 4 aromatic rings. The molecule has 10 nitrogen and oxygen atoms in total. The summed E-state index contributed by atoms with van der Waals surface area (Å²) in [4.78, 5) is 28.0. The van der Waals surface area contributed by atoms with E-state index in [4.69, 9.17) is 19.7 Å². The van der Waals surface area contributed by atoms with Crippen LogP contribution in [0, 0.1) is 29.0 Å². The first kappa shape index (κ1) is 27.2. The summed E-state index contributed by atoms with van der Waals surface area (Å²) in [7, 11) is 0. The number of carboxylic acids is 1. The number of aromatic nitrogens is 4. The smallest absolute Gasteiger partial charge is 0.335 e. The first-order valence-corrected chi connectivity index (χ1v) is 14.4. The fourth-order valence-electron chi connectivity index (χ4n) is 6.22. The second-order valence-electron chi connectivity index (χ2n) is 11.4. The number of imidazole rings is 1. The summed E-state index contributed by atoms with van der Waals surface area (Å²) in [5.74, 6) is 1.27. The number of allylic oxidation sites excluding steroid dienone is 1. The first-order chi connectivity index (χ1) is 20.9. The summed E-state index contributed by atoms with van der Waals surface area (Å²) in [5, 5.41) is 18.5. The molecule has 0 saturated carbocycles. The summed E-state index contributed by atoms with van der Waals surface area (Å²) >= 11 is 0. The van der Waals surface area contributed by atoms with Gasteiger partial charge in [-0.25, -0.2) is 19.2 Å². The molecule has 2 aromatic carbocycles. The van der Waals surface area contributed by atoms with E-state index in [0.717, 1.165) is 55.0 Å². The lowest BCUT2D eigenvalue weighted by molar-refractivity contribution is -0.0591. The predicted molar refractivity (Wildman–Crippen MR) is 153 cm³/mol. The maximum atomic E-state index is 14.3. The van der Waals surface area contributed by atoms with E-state index in [1.165, 1.54) is 6.07 Å². The first-order valence-electron chi connectivity index (χ1n) is 14.4. The van der Waals surface area contributed by atoms with Crippen LogP contribution < -0.4 is 4.74 Å². The minimum Gasteiger partial charge on any atom is -0.478 e. The van der Waals surface area contributed by atoms with Gasteiger partial charge in [0.25, 0.3) is 0 Å². The second-order valence-corrected chi connectivity index (χ2v) is 11.4. The standard InChI is InChI=1S/C32H29FN6O4/c33-26-9-19(13-34)1-2-21(26)18-43-30-5-7-35-31(37-30)22-10-23-14-38(15-24(23)11-22)17-29-36-27-4-3-20(32(40)41)12-28(27)39(29)16-25-6-8-42-25/h1-5,7,9-10,12,23-25H,6,8,11,14-18H2,(H,40,41)/t23?,24?,25-/m0/s1. The van der Waals surface area contributed by atoms with Crippen molar-refractivity contribution in [2.24, 2.45) is 11.8 Å². The van der Waals surface area contributed by atoms with Gasteiger partial charge in [0, 0.05) is 37.5 Å². The molecule has 1 N–H and O–H groups in total. The van der Waals surface area contributed by atoms with Crippen LogP contribution in [0.1, 0.15) is 46.0 Å². The van der Waals surface area contributed by atoms with E-state index in [0.29, 0.717) is 42.2 Å². The van der Waals surface area contributed by atoms with Crippen molar-refractivity contribution >= 4 is 22.6 Å². The van der Waals surface area contributed by atoms with Gasteiger partial charge in [-0.15, -0.1) is 0 Å². The Balaban J connectivity index is 1.03. The van der Waals surface area contributed by atoms with Crippen molar-refractivity contribution in [1.29, 1.82) is 5.26 Å². The van der Waals surface area contributed by atoms with E-state index >= 15 is 0 Å². The van der Waals surface area contributed by atoms with Crippen molar-refractivity contribution in [3.8, 4) is 11.9 Å². The number of aromatic carboxylic acids is 1. The highest BCUT2D eigenvalue weighted by atomic mass is 19.1. The molecule has 3 aliphatic rings. The summed E-state index contributed by atoms with van der Waals surface area (Å²) in [6, 6.07) is 13.0. The van der Waals surface area contributed by atoms with Gasteiger partial charge in [0.2, 0.25) is 5.88 Å². The topological polar surface area (TPSA) is 126 Å². The summed E-state index contributed by atoms with van der Waals surface area (Å²) in [6.45, 7) is 3.88. The van der Waals surface area contributed by atoms with Crippen molar-refractivity contribution in [3.05, 3.63) is 88.9 Å². The van der Waals surface area contributed by atoms with E-state index in [1.54, 1.807) is 42.6 Å². The fourth-order valence-corrected chi connectivity index (χ4v) is 6.22. The van der Waals surface area contributed by atoms with Crippen molar-refractivity contribution < 1.29 is 23.8 Å². The summed E-state index contributed by atoms with van der Waals surface area (Å²) in [5.41, 5.74) is 3.57. The number of hydrogen-bond donors (Lipinski definition) is 1. The number of ether oxygens (including phenoxy) is 2. The quantitative estimate of drug-likeness (QED) is 0.306. The van der Waals surface area contributed by atoms with Gasteiger partial charge in [0.1, 0.15) is 18.2 Å². The van der Waals surface area contributed by atoms with E-state index in [9.17, 15) is 14.3 Å². The zero-order valence-electron chi connectivity index (χ0n) is 23.3. The van der Waals surface area contributed by atoms with Crippen molar-refractivity contribution in [3.63, 3.8) is 0 Å². The molecule has 2 aromatic heterocycles. The maximum absolute atomic E-state index is 14.3. The molecule has 0 radical (unpaired) electrons. The van der Waals surface area contributed by atoms with E-state index in [2.05, 4.69) is 25.5 Å². The van der Waals surface area contributed by atoms with Crippen LogP contribution in [0.5, 0.6) is 5.88 Å². The summed E-state index contributed by atoms with van der Waals surface area (Å²) < 4.78 is 27.8. The molecule has 0 bridgehead atoms. The van der Waals surface area contributed by atoms with Crippen LogP contribution >= 0.6 is 0 Å². The summed E-state index contributed by atoms with van der Waals surface area (Å²) in [6.07, 6.45) is 5.87. The van der Waals surface area contributed by atoms with Crippen LogP contribution in [-0.2, 0) is 24.4 Å². The van der Waals surface area contributed by atoms with Crippen LogP contribution in [0.2, 0.25) is 0 Å². The number of hydrogen-bond acceptors (Lipinski definition) is 8. The Kier molecular flexibility index (Phi) is 7.08. The number of fused-ring (bicyclic) bond motifs is 2. The number of carbonyl (C=O) groups is 1. The molecule has 1 aliphatic carbocycles. The van der Waals surface area contributed by atoms with Gasteiger partial charge in [-0.1, -0.05) is 12.1 Å². The SMILES string of the molecule is N#Cc1ccc(COc2ccnc(C3=CC4CN(Cc5nc6ccc(C(=O)O)cc6n5C[C@@H]5CCO5)CC4C3)n2)c(F)c1. The molecule has 43 heavy (non-hydrogen) atoms. The molecule has 4 heterocycles. The molecule has 0 spiro atoms. The molecule has 7 rings (SSSR count). The lowest BCUT2D eigenvalue weighted by atomic mass is 10.00. The number of nitrogens with zero attached hydrogens (tertiary/aromatic N) is 6. The Bertz CT molecular complexity index is 1790.